The van der Waals surface area contributed by atoms with Gasteiger partial charge in [0.05, 0.1) is 25.9 Å². The number of hydrogen-bond donors (Lipinski definition) is 2. The van der Waals surface area contributed by atoms with Gasteiger partial charge in [-0.05, 0) is 37.1 Å². The van der Waals surface area contributed by atoms with Crippen molar-refractivity contribution < 1.29 is 22.8 Å². The molecule has 6 nitrogen and oxygen atoms in total. The SMILES string of the molecule is O=C(CN(Cc1ccco1)C1CC1)NCC(=O)Nc1ccc(F)c(F)c1. The van der Waals surface area contributed by atoms with Crippen molar-refractivity contribution in [1.29, 1.82) is 0 Å². The lowest BCUT2D eigenvalue weighted by Crippen LogP contribution is -2.41. The summed E-state index contributed by atoms with van der Waals surface area (Å²) in [5, 5.41) is 4.93. The van der Waals surface area contributed by atoms with Crippen LogP contribution < -0.4 is 10.6 Å². The highest BCUT2D eigenvalue weighted by molar-refractivity contribution is 5.94. The highest BCUT2D eigenvalue weighted by Crippen LogP contribution is 2.28. The minimum atomic E-state index is -1.05. The third kappa shape index (κ3) is 5.13. The number of furan rings is 1. The quantitative estimate of drug-likeness (QED) is 0.755. The fourth-order valence-electron chi connectivity index (χ4n) is 2.55. The maximum Gasteiger partial charge on any atom is 0.243 e. The van der Waals surface area contributed by atoms with Gasteiger partial charge in [-0.1, -0.05) is 0 Å². The van der Waals surface area contributed by atoms with Crippen LogP contribution in [0.2, 0.25) is 0 Å². The minimum absolute atomic E-state index is 0.126. The van der Waals surface area contributed by atoms with E-state index in [2.05, 4.69) is 10.6 Å². The lowest BCUT2D eigenvalue weighted by molar-refractivity contribution is -0.125. The Kier molecular flexibility index (Phi) is 5.62. The van der Waals surface area contributed by atoms with Gasteiger partial charge >= 0.3 is 0 Å². The lowest BCUT2D eigenvalue weighted by atomic mass is 10.3. The predicted molar refractivity (Wildman–Crippen MR) is 90.1 cm³/mol. The number of benzene rings is 1. The van der Waals surface area contributed by atoms with Gasteiger partial charge in [0.2, 0.25) is 11.8 Å². The molecule has 2 amide bonds. The van der Waals surface area contributed by atoms with E-state index >= 15 is 0 Å². The zero-order valence-corrected chi connectivity index (χ0v) is 14.0. The van der Waals surface area contributed by atoms with Crippen LogP contribution in [0.5, 0.6) is 0 Å². The summed E-state index contributed by atoms with van der Waals surface area (Å²) in [6, 6.07) is 7.04. The minimum Gasteiger partial charge on any atom is -0.468 e. The molecule has 1 aromatic carbocycles. The molecule has 2 aromatic rings. The second kappa shape index (κ2) is 8.09. The fraction of sp³-hybridized carbons (Fsp3) is 0.333. The summed E-state index contributed by atoms with van der Waals surface area (Å²) in [6.45, 7) is 0.438. The van der Waals surface area contributed by atoms with Crippen LogP contribution in [0.15, 0.2) is 41.0 Å². The van der Waals surface area contributed by atoms with E-state index in [1.165, 1.54) is 6.07 Å². The van der Waals surface area contributed by atoms with Crippen molar-refractivity contribution in [3.8, 4) is 0 Å². The molecule has 0 unspecified atom stereocenters. The van der Waals surface area contributed by atoms with Gasteiger partial charge in [-0.3, -0.25) is 14.5 Å². The Hall–Kier alpha value is -2.74. The Morgan fingerprint density at radius 2 is 1.96 bits per heavy atom. The zero-order chi connectivity index (χ0) is 18.5. The number of halogens is 2. The first-order valence-corrected chi connectivity index (χ1v) is 8.29. The topological polar surface area (TPSA) is 74.6 Å². The number of nitrogens with one attached hydrogen (secondary N) is 2. The van der Waals surface area contributed by atoms with Crippen molar-refractivity contribution in [2.45, 2.75) is 25.4 Å². The fourth-order valence-corrected chi connectivity index (χ4v) is 2.55. The first-order valence-electron chi connectivity index (χ1n) is 8.29. The van der Waals surface area contributed by atoms with Crippen molar-refractivity contribution >= 4 is 17.5 Å². The van der Waals surface area contributed by atoms with Crippen molar-refractivity contribution in [3.63, 3.8) is 0 Å². The van der Waals surface area contributed by atoms with E-state index in [4.69, 9.17) is 4.42 Å². The van der Waals surface area contributed by atoms with Gasteiger partial charge in [0, 0.05) is 17.8 Å². The Balaban J connectivity index is 1.45. The third-order valence-electron chi connectivity index (χ3n) is 4.00. The Labute approximate surface area is 149 Å². The summed E-state index contributed by atoms with van der Waals surface area (Å²) in [7, 11) is 0. The predicted octanol–water partition coefficient (Wildman–Crippen LogP) is 2.28. The van der Waals surface area contributed by atoms with Crippen molar-refractivity contribution in [3.05, 3.63) is 54.0 Å². The van der Waals surface area contributed by atoms with Gasteiger partial charge in [-0.2, -0.15) is 0 Å². The number of amides is 2. The first kappa shape index (κ1) is 18.1. The molecule has 0 bridgehead atoms. The lowest BCUT2D eigenvalue weighted by Gasteiger charge is -2.20. The van der Waals surface area contributed by atoms with E-state index < -0.39 is 17.5 Å². The zero-order valence-electron chi connectivity index (χ0n) is 14.0. The highest BCUT2D eigenvalue weighted by Gasteiger charge is 2.30. The smallest absolute Gasteiger partial charge is 0.243 e. The van der Waals surface area contributed by atoms with Crippen LogP contribution in [-0.4, -0.2) is 35.8 Å². The summed E-state index contributed by atoms with van der Waals surface area (Å²) >= 11 is 0. The van der Waals surface area contributed by atoms with Crippen LogP contribution in [-0.2, 0) is 16.1 Å². The van der Waals surface area contributed by atoms with Crippen LogP contribution in [0.4, 0.5) is 14.5 Å². The van der Waals surface area contributed by atoms with Crippen LogP contribution in [0.25, 0.3) is 0 Å². The number of rotatable bonds is 8. The van der Waals surface area contributed by atoms with E-state index in [9.17, 15) is 18.4 Å². The van der Waals surface area contributed by atoms with Crippen LogP contribution in [0.1, 0.15) is 18.6 Å². The molecule has 0 saturated heterocycles. The number of hydrogen-bond acceptors (Lipinski definition) is 4. The molecule has 3 rings (SSSR count). The van der Waals surface area contributed by atoms with Crippen LogP contribution >= 0.6 is 0 Å². The van der Waals surface area contributed by atoms with Crippen LogP contribution in [0.3, 0.4) is 0 Å². The normalized spacial score (nSPS) is 13.7. The van der Waals surface area contributed by atoms with Gasteiger partial charge in [0.15, 0.2) is 11.6 Å². The molecule has 8 heteroatoms. The second-order valence-corrected chi connectivity index (χ2v) is 6.17. The van der Waals surface area contributed by atoms with Gasteiger partial charge in [0.1, 0.15) is 5.76 Å². The number of carbonyl (C=O) groups is 2. The molecule has 0 atom stereocenters. The highest BCUT2D eigenvalue weighted by atomic mass is 19.2. The molecule has 138 valence electrons. The van der Waals surface area contributed by atoms with Crippen molar-refractivity contribution in [2.75, 3.05) is 18.4 Å². The molecule has 1 saturated carbocycles. The first-order chi connectivity index (χ1) is 12.5. The average Bonchev–Trinajstić information content (AvgIpc) is 3.33. The monoisotopic (exact) mass is 363 g/mol. The van der Waals surface area contributed by atoms with Crippen molar-refractivity contribution in [2.24, 2.45) is 0 Å². The van der Waals surface area contributed by atoms with E-state index in [0.29, 0.717) is 12.6 Å². The molecule has 1 aromatic heterocycles. The van der Waals surface area contributed by atoms with E-state index in [1.54, 1.807) is 12.3 Å². The average molecular weight is 363 g/mol. The standard InChI is InChI=1S/C18H19F2N3O3/c19-15-6-3-12(8-16(15)20)22-17(24)9-21-18(25)11-23(13-4-5-13)10-14-2-1-7-26-14/h1-3,6-8,13H,4-5,9-11H2,(H,21,25)(H,22,24). The molecular weight excluding hydrogens is 344 g/mol. The Morgan fingerprint density at radius 1 is 1.15 bits per heavy atom. The van der Waals surface area contributed by atoms with Crippen molar-refractivity contribution in [1.82, 2.24) is 10.2 Å². The molecule has 1 aliphatic rings. The van der Waals surface area contributed by atoms with Gasteiger partial charge in [0.25, 0.3) is 0 Å². The van der Waals surface area contributed by atoms with Gasteiger partial charge in [-0.25, -0.2) is 8.78 Å². The maximum atomic E-state index is 13.1. The van der Waals surface area contributed by atoms with Gasteiger partial charge in [-0.15, -0.1) is 0 Å². The maximum absolute atomic E-state index is 13.1. The molecule has 0 radical (unpaired) electrons. The molecule has 26 heavy (non-hydrogen) atoms. The molecule has 2 N–H and O–H groups in total. The summed E-state index contributed by atoms with van der Waals surface area (Å²) < 4.78 is 31.3. The van der Waals surface area contributed by atoms with Crippen LogP contribution in [0, 0.1) is 11.6 Å². The Bertz CT molecular complexity index is 776. The molecule has 1 heterocycles. The van der Waals surface area contributed by atoms with E-state index in [1.807, 2.05) is 11.0 Å². The third-order valence-corrected chi connectivity index (χ3v) is 4.00. The molecule has 1 fully saturated rings. The Morgan fingerprint density at radius 3 is 2.62 bits per heavy atom. The largest absolute Gasteiger partial charge is 0.468 e. The number of nitrogens with zero attached hydrogens (tertiary/aromatic N) is 1. The second-order valence-electron chi connectivity index (χ2n) is 6.17. The molecule has 0 aliphatic heterocycles. The summed E-state index contributed by atoms with van der Waals surface area (Å²) in [5.41, 5.74) is 0.126. The molecular formula is C18H19F2N3O3. The van der Waals surface area contributed by atoms with Gasteiger partial charge < -0.3 is 15.1 Å². The molecule has 0 spiro atoms. The number of anilines is 1. The van der Waals surface area contributed by atoms with E-state index in [0.717, 1.165) is 30.7 Å². The summed E-state index contributed by atoms with van der Waals surface area (Å²) in [5.74, 6) is -2.07. The van der Waals surface area contributed by atoms with E-state index in [-0.39, 0.29) is 24.7 Å². The summed E-state index contributed by atoms with van der Waals surface area (Å²) in [6.07, 6.45) is 3.65. The summed E-state index contributed by atoms with van der Waals surface area (Å²) in [4.78, 5) is 25.9. The number of carbonyl (C=O) groups excluding carboxylic acids is 2. The molecule has 1 aliphatic carbocycles.